The molecule has 1 saturated heterocycles. The summed E-state index contributed by atoms with van der Waals surface area (Å²) in [5, 5.41) is 3.02. The molecule has 0 spiro atoms. The Morgan fingerprint density at radius 1 is 1.00 bits per heavy atom. The third kappa shape index (κ3) is 5.49. The van der Waals surface area contributed by atoms with Gasteiger partial charge in [0.2, 0.25) is 5.91 Å². The number of morpholine rings is 1. The van der Waals surface area contributed by atoms with Gasteiger partial charge in [-0.3, -0.25) is 9.59 Å². The summed E-state index contributed by atoms with van der Waals surface area (Å²) in [6, 6.07) is 19.4. The molecular formula is C27H28N4O3S. The minimum Gasteiger partial charge on any atom is -0.378 e. The molecule has 0 unspecified atom stereocenters. The third-order valence-electron chi connectivity index (χ3n) is 6.27. The lowest BCUT2D eigenvalue weighted by molar-refractivity contribution is -0.116. The first-order valence-electron chi connectivity index (χ1n) is 11.8. The molecule has 3 heterocycles. The first-order chi connectivity index (χ1) is 17.2. The second-order valence-corrected chi connectivity index (χ2v) is 9.53. The number of anilines is 2. The number of fused-ring (bicyclic) bond motifs is 1. The number of thioether (sulfide) groups is 1. The summed E-state index contributed by atoms with van der Waals surface area (Å²) in [7, 11) is 0. The van der Waals surface area contributed by atoms with Crippen molar-refractivity contribution in [3.63, 3.8) is 0 Å². The van der Waals surface area contributed by atoms with Gasteiger partial charge in [-0.15, -0.1) is 11.8 Å². The van der Waals surface area contributed by atoms with E-state index in [1.165, 1.54) is 17.3 Å². The fraction of sp³-hybridized carbons (Fsp3) is 0.296. The Morgan fingerprint density at radius 2 is 1.80 bits per heavy atom. The van der Waals surface area contributed by atoms with Gasteiger partial charge in [-0.2, -0.15) is 0 Å². The average molecular weight is 489 g/mol. The molecule has 0 radical (unpaired) electrons. The SMILES string of the molecule is O=C(NCc1ccnc(N2CCOCC2)c1)c1ccccc1SCC(=O)N1CCc2ccccc21. The van der Waals surface area contributed by atoms with Crippen LogP contribution in [-0.2, 0) is 22.5 Å². The molecule has 8 heteroatoms. The third-order valence-corrected chi connectivity index (χ3v) is 7.33. The van der Waals surface area contributed by atoms with E-state index in [1.54, 1.807) is 12.3 Å². The molecule has 2 aliphatic rings. The Kier molecular flexibility index (Phi) is 7.30. The number of benzene rings is 2. The van der Waals surface area contributed by atoms with Crippen LogP contribution in [0, 0.1) is 0 Å². The van der Waals surface area contributed by atoms with E-state index in [2.05, 4.69) is 21.3 Å². The maximum absolute atomic E-state index is 13.0. The molecule has 1 aromatic heterocycles. The number of amides is 2. The van der Waals surface area contributed by atoms with Crippen molar-refractivity contribution in [2.45, 2.75) is 17.9 Å². The minimum atomic E-state index is -0.156. The Hall–Kier alpha value is -3.36. The van der Waals surface area contributed by atoms with Crippen molar-refractivity contribution in [2.75, 3.05) is 48.4 Å². The zero-order chi connectivity index (χ0) is 24.0. The molecule has 7 nitrogen and oxygen atoms in total. The van der Waals surface area contributed by atoms with Gasteiger partial charge in [0.1, 0.15) is 5.82 Å². The molecule has 0 bridgehead atoms. The van der Waals surface area contributed by atoms with Gasteiger partial charge in [-0.05, 0) is 47.9 Å². The maximum atomic E-state index is 13.0. The fourth-order valence-electron chi connectivity index (χ4n) is 4.41. The topological polar surface area (TPSA) is 74.8 Å². The smallest absolute Gasteiger partial charge is 0.252 e. The second kappa shape index (κ2) is 10.9. The molecule has 0 aliphatic carbocycles. The van der Waals surface area contributed by atoms with Crippen LogP contribution in [-0.4, -0.2) is 55.4 Å². The number of carbonyl (C=O) groups excluding carboxylic acids is 2. The number of ether oxygens (including phenoxy) is 1. The summed E-state index contributed by atoms with van der Waals surface area (Å²) in [6.07, 6.45) is 2.66. The quantitative estimate of drug-likeness (QED) is 0.513. The lowest BCUT2D eigenvalue weighted by atomic mass is 10.2. The summed E-state index contributed by atoms with van der Waals surface area (Å²) in [4.78, 5) is 35.3. The lowest BCUT2D eigenvalue weighted by Crippen LogP contribution is -2.36. The standard InChI is InChI=1S/C27H28N4O3S/c32-26(31-12-10-21-5-1-3-7-23(21)31)19-35-24-8-4-2-6-22(24)27(33)29-18-20-9-11-28-25(17-20)30-13-15-34-16-14-30/h1-9,11,17H,10,12-16,18-19H2,(H,29,33). The highest BCUT2D eigenvalue weighted by Crippen LogP contribution is 2.29. The number of hydrogen-bond donors (Lipinski definition) is 1. The van der Waals surface area contributed by atoms with Gasteiger partial charge >= 0.3 is 0 Å². The fourth-order valence-corrected chi connectivity index (χ4v) is 5.33. The molecule has 2 aromatic carbocycles. The monoisotopic (exact) mass is 488 g/mol. The van der Waals surface area contributed by atoms with Crippen LogP contribution in [0.15, 0.2) is 71.8 Å². The Balaban J connectivity index is 1.20. The molecule has 35 heavy (non-hydrogen) atoms. The summed E-state index contributed by atoms with van der Waals surface area (Å²) in [6.45, 7) is 4.14. The average Bonchev–Trinajstić information content (AvgIpc) is 3.36. The zero-order valence-electron chi connectivity index (χ0n) is 19.5. The van der Waals surface area contributed by atoms with Crippen molar-refractivity contribution >= 4 is 35.1 Å². The van der Waals surface area contributed by atoms with Crippen molar-refractivity contribution in [2.24, 2.45) is 0 Å². The molecule has 1 N–H and O–H groups in total. The number of pyridine rings is 1. The van der Waals surface area contributed by atoms with E-state index >= 15 is 0 Å². The van der Waals surface area contributed by atoms with Crippen LogP contribution in [0.2, 0.25) is 0 Å². The summed E-state index contributed by atoms with van der Waals surface area (Å²) >= 11 is 1.41. The molecule has 5 rings (SSSR count). The second-order valence-electron chi connectivity index (χ2n) is 8.51. The molecule has 3 aromatic rings. The van der Waals surface area contributed by atoms with E-state index in [0.29, 0.717) is 31.9 Å². The van der Waals surface area contributed by atoms with Gasteiger partial charge in [0.25, 0.3) is 5.91 Å². The van der Waals surface area contributed by atoms with E-state index < -0.39 is 0 Å². The number of aromatic nitrogens is 1. The number of para-hydroxylation sites is 1. The Bertz CT molecular complexity index is 1210. The normalized spacial score (nSPS) is 15.1. The Morgan fingerprint density at radius 3 is 2.69 bits per heavy atom. The van der Waals surface area contributed by atoms with E-state index in [4.69, 9.17) is 4.74 Å². The number of hydrogen-bond acceptors (Lipinski definition) is 6. The summed E-state index contributed by atoms with van der Waals surface area (Å²) < 4.78 is 5.42. The van der Waals surface area contributed by atoms with Crippen LogP contribution >= 0.6 is 11.8 Å². The van der Waals surface area contributed by atoms with E-state index in [9.17, 15) is 9.59 Å². The summed E-state index contributed by atoms with van der Waals surface area (Å²) in [5.74, 6) is 1.09. The molecule has 180 valence electrons. The van der Waals surface area contributed by atoms with Gasteiger partial charge in [-0.1, -0.05) is 30.3 Å². The van der Waals surface area contributed by atoms with Gasteiger partial charge in [0, 0.05) is 43.0 Å². The van der Waals surface area contributed by atoms with Crippen LogP contribution in [0.3, 0.4) is 0 Å². The van der Waals surface area contributed by atoms with Crippen LogP contribution in [0.25, 0.3) is 0 Å². The predicted octanol–water partition coefficient (Wildman–Crippen LogP) is 3.53. The van der Waals surface area contributed by atoms with Crippen molar-refractivity contribution in [1.82, 2.24) is 10.3 Å². The van der Waals surface area contributed by atoms with Crippen molar-refractivity contribution in [3.8, 4) is 0 Å². The molecule has 2 aliphatic heterocycles. The van der Waals surface area contributed by atoms with E-state index in [1.807, 2.05) is 53.4 Å². The summed E-state index contributed by atoms with van der Waals surface area (Å²) in [5.41, 5.74) is 3.77. The molecule has 1 fully saturated rings. The number of nitrogens with zero attached hydrogens (tertiary/aromatic N) is 3. The van der Waals surface area contributed by atoms with Crippen molar-refractivity contribution < 1.29 is 14.3 Å². The minimum absolute atomic E-state index is 0.0580. The van der Waals surface area contributed by atoms with E-state index in [0.717, 1.165) is 41.5 Å². The highest BCUT2D eigenvalue weighted by molar-refractivity contribution is 8.00. The number of nitrogens with one attached hydrogen (secondary N) is 1. The molecule has 0 saturated carbocycles. The van der Waals surface area contributed by atoms with Gasteiger partial charge < -0.3 is 19.9 Å². The van der Waals surface area contributed by atoms with Crippen LogP contribution in [0.1, 0.15) is 21.5 Å². The largest absolute Gasteiger partial charge is 0.378 e. The van der Waals surface area contributed by atoms with Gasteiger partial charge in [-0.25, -0.2) is 4.98 Å². The molecular weight excluding hydrogens is 460 g/mol. The Labute approximate surface area is 209 Å². The maximum Gasteiger partial charge on any atom is 0.252 e. The zero-order valence-corrected chi connectivity index (χ0v) is 20.3. The van der Waals surface area contributed by atoms with Crippen LogP contribution in [0.5, 0.6) is 0 Å². The lowest BCUT2D eigenvalue weighted by Gasteiger charge is -2.28. The number of carbonyl (C=O) groups is 2. The molecule has 2 amide bonds. The van der Waals surface area contributed by atoms with Crippen molar-refractivity contribution in [1.29, 1.82) is 0 Å². The number of rotatable bonds is 7. The van der Waals surface area contributed by atoms with E-state index in [-0.39, 0.29) is 17.6 Å². The highest BCUT2D eigenvalue weighted by Gasteiger charge is 2.24. The van der Waals surface area contributed by atoms with Crippen LogP contribution in [0.4, 0.5) is 11.5 Å². The van der Waals surface area contributed by atoms with Crippen molar-refractivity contribution in [3.05, 3.63) is 83.6 Å². The highest BCUT2D eigenvalue weighted by atomic mass is 32.2. The first kappa shape index (κ1) is 23.4. The van der Waals surface area contributed by atoms with Gasteiger partial charge in [0.05, 0.1) is 24.5 Å². The molecule has 0 atom stereocenters. The van der Waals surface area contributed by atoms with Crippen LogP contribution < -0.4 is 15.1 Å². The van der Waals surface area contributed by atoms with Gasteiger partial charge in [0.15, 0.2) is 0 Å². The predicted molar refractivity (Wildman–Crippen MR) is 138 cm³/mol. The first-order valence-corrected chi connectivity index (χ1v) is 12.8.